The Kier molecular flexibility index (Phi) is 7.71. The van der Waals surface area contributed by atoms with E-state index in [-0.39, 0.29) is 5.78 Å². The highest BCUT2D eigenvalue weighted by molar-refractivity contribution is 5.97. The van der Waals surface area contributed by atoms with Crippen LogP contribution in [-0.4, -0.2) is 44.0 Å². The van der Waals surface area contributed by atoms with Crippen molar-refractivity contribution in [2.75, 3.05) is 33.4 Å². The molecule has 0 atom stereocenters. The average molecular weight is 496 g/mol. The number of hydrogen-bond donors (Lipinski definition) is 0. The predicted octanol–water partition coefficient (Wildman–Crippen LogP) is 7.38. The van der Waals surface area contributed by atoms with Gasteiger partial charge in [0.15, 0.2) is 5.78 Å². The number of rotatable bonds is 9. The molecule has 0 radical (unpaired) electrons. The van der Waals surface area contributed by atoms with Crippen LogP contribution in [0.3, 0.4) is 0 Å². The maximum atomic E-state index is 11.8. The second-order valence-corrected chi connectivity index (χ2v) is 9.49. The van der Waals surface area contributed by atoms with E-state index in [9.17, 15) is 4.79 Å². The zero-order valence-electron chi connectivity index (χ0n) is 21.5. The molecule has 0 spiro atoms. The van der Waals surface area contributed by atoms with Crippen molar-refractivity contribution in [1.82, 2.24) is 4.90 Å². The Morgan fingerprint density at radius 1 is 0.811 bits per heavy atom. The topological polar surface area (TPSA) is 48.0 Å². The fraction of sp³-hybridized carbons (Fsp3) is 0.281. The van der Waals surface area contributed by atoms with Crippen LogP contribution < -0.4 is 14.2 Å². The summed E-state index contributed by atoms with van der Waals surface area (Å²) in [4.78, 5) is 14.2. The SMILES string of the molecule is COc1ccc2c(Oc3ccc(OCCN4CCCCC4)cc3)c(-c3ccc(C(C)=O)cc3)ccc2c1. The number of hydrogen-bond acceptors (Lipinski definition) is 5. The molecule has 1 fully saturated rings. The molecule has 37 heavy (non-hydrogen) atoms. The standard InChI is InChI=1S/C32H33NO4/c1-23(34)24-6-8-25(9-7-24)30-16-10-26-22-29(35-2)15-17-31(26)32(30)37-28-13-11-27(12-14-28)36-21-20-33-18-4-3-5-19-33/h6-17,22H,3-5,18-21H2,1-2H3. The summed E-state index contributed by atoms with van der Waals surface area (Å²) in [5, 5.41) is 2.01. The number of piperidine rings is 1. The minimum absolute atomic E-state index is 0.0480. The first-order chi connectivity index (χ1) is 18.1. The molecule has 1 aliphatic rings. The van der Waals surface area contributed by atoms with Gasteiger partial charge in [-0.05, 0) is 92.3 Å². The molecular formula is C32H33NO4. The van der Waals surface area contributed by atoms with Gasteiger partial charge in [0.2, 0.25) is 0 Å². The first-order valence-electron chi connectivity index (χ1n) is 13.0. The molecule has 0 aromatic heterocycles. The van der Waals surface area contributed by atoms with Crippen LogP contribution in [0, 0.1) is 0 Å². The second-order valence-electron chi connectivity index (χ2n) is 9.49. The Hall–Kier alpha value is -3.83. The molecule has 5 rings (SSSR count). The molecule has 5 nitrogen and oxygen atoms in total. The monoisotopic (exact) mass is 495 g/mol. The molecule has 0 unspecified atom stereocenters. The van der Waals surface area contributed by atoms with Crippen LogP contribution in [0.2, 0.25) is 0 Å². The number of carbonyl (C=O) groups is 1. The number of likely N-dealkylation sites (tertiary alicyclic amines) is 1. The van der Waals surface area contributed by atoms with Gasteiger partial charge in [0.25, 0.3) is 0 Å². The maximum absolute atomic E-state index is 11.8. The fourth-order valence-corrected chi connectivity index (χ4v) is 4.83. The average Bonchev–Trinajstić information content (AvgIpc) is 2.94. The summed E-state index contributed by atoms with van der Waals surface area (Å²) in [6.07, 6.45) is 3.92. The molecule has 0 aliphatic carbocycles. The van der Waals surface area contributed by atoms with Gasteiger partial charge in [-0.25, -0.2) is 0 Å². The van der Waals surface area contributed by atoms with E-state index in [1.54, 1.807) is 14.0 Å². The minimum Gasteiger partial charge on any atom is -0.497 e. The van der Waals surface area contributed by atoms with Crippen molar-refractivity contribution in [2.45, 2.75) is 26.2 Å². The lowest BCUT2D eigenvalue weighted by atomic mass is 9.98. The van der Waals surface area contributed by atoms with E-state index in [1.165, 1.54) is 32.4 Å². The summed E-state index contributed by atoms with van der Waals surface area (Å²) in [6, 6.07) is 25.5. The number of Topliss-reactive ketones (excluding diaryl/α,β-unsaturated/α-hetero) is 1. The second kappa shape index (κ2) is 11.5. The van der Waals surface area contributed by atoms with Gasteiger partial charge in [0.1, 0.15) is 29.6 Å². The highest BCUT2D eigenvalue weighted by atomic mass is 16.5. The largest absolute Gasteiger partial charge is 0.497 e. The molecule has 1 saturated heterocycles. The number of benzene rings is 4. The molecule has 1 aliphatic heterocycles. The van der Waals surface area contributed by atoms with Crippen LogP contribution >= 0.6 is 0 Å². The van der Waals surface area contributed by atoms with Gasteiger partial charge in [-0.2, -0.15) is 0 Å². The maximum Gasteiger partial charge on any atom is 0.159 e. The normalized spacial score (nSPS) is 13.9. The molecule has 4 aromatic carbocycles. The minimum atomic E-state index is 0.0480. The Morgan fingerprint density at radius 2 is 1.51 bits per heavy atom. The van der Waals surface area contributed by atoms with Gasteiger partial charge >= 0.3 is 0 Å². The third-order valence-electron chi connectivity index (χ3n) is 6.95. The van der Waals surface area contributed by atoms with Crippen molar-refractivity contribution in [3.8, 4) is 34.1 Å². The quantitative estimate of drug-likeness (QED) is 0.227. The molecule has 4 aromatic rings. The zero-order valence-corrected chi connectivity index (χ0v) is 21.5. The fourth-order valence-electron chi connectivity index (χ4n) is 4.83. The van der Waals surface area contributed by atoms with Crippen LogP contribution in [0.1, 0.15) is 36.5 Å². The zero-order chi connectivity index (χ0) is 25.6. The summed E-state index contributed by atoms with van der Waals surface area (Å²) in [5.74, 6) is 3.17. The van der Waals surface area contributed by atoms with Crippen molar-refractivity contribution >= 4 is 16.6 Å². The molecule has 0 saturated carbocycles. The lowest BCUT2D eigenvalue weighted by Gasteiger charge is -2.26. The highest BCUT2D eigenvalue weighted by Gasteiger charge is 2.14. The van der Waals surface area contributed by atoms with Crippen LogP contribution in [0.25, 0.3) is 21.9 Å². The smallest absolute Gasteiger partial charge is 0.159 e. The Bertz CT molecular complexity index is 1360. The number of ketones is 1. The van der Waals surface area contributed by atoms with E-state index >= 15 is 0 Å². The molecule has 0 amide bonds. The van der Waals surface area contributed by atoms with E-state index in [0.29, 0.717) is 12.2 Å². The van der Waals surface area contributed by atoms with E-state index in [0.717, 1.165) is 51.4 Å². The van der Waals surface area contributed by atoms with E-state index in [4.69, 9.17) is 14.2 Å². The van der Waals surface area contributed by atoms with Crippen LogP contribution in [0.4, 0.5) is 0 Å². The first-order valence-corrected chi connectivity index (χ1v) is 13.0. The Morgan fingerprint density at radius 3 is 2.22 bits per heavy atom. The predicted molar refractivity (Wildman–Crippen MR) is 148 cm³/mol. The summed E-state index contributed by atoms with van der Waals surface area (Å²) >= 11 is 0. The van der Waals surface area contributed by atoms with Gasteiger partial charge in [-0.3, -0.25) is 9.69 Å². The van der Waals surface area contributed by atoms with Gasteiger partial charge in [-0.1, -0.05) is 36.8 Å². The van der Waals surface area contributed by atoms with Gasteiger partial charge in [0.05, 0.1) is 7.11 Å². The van der Waals surface area contributed by atoms with E-state index < -0.39 is 0 Å². The third kappa shape index (κ3) is 5.95. The Labute approximate surface area is 218 Å². The molecule has 1 heterocycles. The molecule has 0 N–H and O–H groups in total. The van der Waals surface area contributed by atoms with Crippen molar-refractivity contribution < 1.29 is 19.0 Å². The Balaban J connectivity index is 1.39. The molecule has 0 bridgehead atoms. The number of fused-ring (bicyclic) bond motifs is 1. The molecule has 190 valence electrons. The molecular weight excluding hydrogens is 462 g/mol. The number of ether oxygens (including phenoxy) is 3. The summed E-state index contributed by atoms with van der Waals surface area (Å²) in [5.41, 5.74) is 2.62. The summed E-state index contributed by atoms with van der Waals surface area (Å²) in [6.45, 7) is 5.57. The van der Waals surface area contributed by atoms with Crippen molar-refractivity contribution in [3.05, 3.63) is 84.4 Å². The van der Waals surface area contributed by atoms with E-state index in [1.807, 2.05) is 66.7 Å². The number of carbonyl (C=O) groups excluding carboxylic acids is 1. The number of nitrogens with zero attached hydrogens (tertiary/aromatic N) is 1. The van der Waals surface area contributed by atoms with E-state index in [2.05, 4.69) is 17.0 Å². The van der Waals surface area contributed by atoms with Crippen LogP contribution in [0.15, 0.2) is 78.9 Å². The summed E-state index contributed by atoms with van der Waals surface area (Å²) in [7, 11) is 1.67. The molecule has 5 heteroatoms. The first kappa shape index (κ1) is 24.8. The lowest BCUT2D eigenvalue weighted by Crippen LogP contribution is -2.33. The van der Waals surface area contributed by atoms with Gasteiger partial charge < -0.3 is 14.2 Å². The van der Waals surface area contributed by atoms with Crippen LogP contribution in [0.5, 0.6) is 23.0 Å². The summed E-state index contributed by atoms with van der Waals surface area (Å²) < 4.78 is 17.9. The number of methoxy groups -OCH3 is 1. The highest BCUT2D eigenvalue weighted by Crippen LogP contribution is 2.41. The lowest BCUT2D eigenvalue weighted by molar-refractivity contribution is 0.101. The van der Waals surface area contributed by atoms with Gasteiger partial charge in [0, 0.05) is 23.1 Å². The van der Waals surface area contributed by atoms with Crippen LogP contribution in [-0.2, 0) is 0 Å². The van der Waals surface area contributed by atoms with Crippen molar-refractivity contribution in [1.29, 1.82) is 0 Å². The van der Waals surface area contributed by atoms with Crippen molar-refractivity contribution in [2.24, 2.45) is 0 Å². The van der Waals surface area contributed by atoms with Gasteiger partial charge in [-0.15, -0.1) is 0 Å². The van der Waals surface area contributed by atoms with Crippen molar-refractivity contribution in [3.63, 3.8) is 0 Å². The third-order valence-corrected chi connectivity index (χ3v) is 6.95.